The van der Waals surface area contributed by atoms with Gasteiger partial charge in [0, 0.05) is 31.9 Å². The summed E-state index contributed by atoms with van der Waals surface area (Å²) in [5, 5.41) is 9.66. The summed E-state index contributed by atoms with van der Waals surface area (Å²) in [4.78, 5) is 8.94. The summed E-state index contributed by atoms with van der Waals surface area (Å²) in [6.07, 6.45) is 1.84. The lowest BCUT2D eigenvalue weighted by atomic mass is 10.1. The molecule has 0 aliphatic carbocycles. The number of piperazine rings is 1. The molecular weight excluding hydrogens is 294 g/mol. The minimum absolute atomic E-state index is 0.0572. The maximum absolute atomic E-state index is 9.66. The Labute approximate surface area is 117 Å². The van der Waals surface area contributed by atoms with Crippen LogP contribution in [0.15, 0.2) is 22.9 Å². The van der Waals surface area contributed by atoms with E-state index in [4.69, 9.17) is 0 Å². The molecular formula is C13H20BrN3O. The second-order valence-electron chi connectivity index (χ2n) is 4.94. The van der Waals surface area contributed by atoms with E-state index in [2.05, 4.69) is 44.7 Å². The maximum atomic E-state index is 9.66. The number of aliphatic hydroxyl groups is 1. The Bertz CT molecular complexity index is 384. The molecule has 2 atom stereocenters. The molecule has 0 spiro atoms. The van der Waals surface area contributed by atoms with Crippen LogP contribution in [0.5, 0.6) is 0 Å². The molecule has 100 valence electrons. The largest absolute Gasteiger partial charge is 0.394 e. The molecule has 1 N–H and O–H groups in total. The van der Waals surface area contributed by atoms with Crippen molar-refractivity contribution in [1.82, 2.24) is 14.8 Å². The summed E-state index contributed by atoms with van der Waals surface area (Å²) in [5.74, 6) is 0. The highest BCUT2D eigenvalue weighted by Gasteiger charge is 2.27. The predicted molar refractivity (Wildman–Crippen MR) is 75.4 cm³/mol. The molecule has 4 nitrogen and oxygen atoms in total. The van der Waals surface area contributed by atoms with Gasteiger partial charge in [-0.05, 0) is 41.5 Å². The maximum Gasteiger partial charge on any atom is 0.106 e. The molecule has 0 unspecified atom stereocenters. The van der Waals surface area contributed by atoms with E-state index >= 15 is 0 Å². The first-order valence-corrected chi connectivity index (χ1v) is 7.07. The fraction of sp³-hybridized carbons (Fsp3) is 0.615. The number of nitrogens with zero attached hydrogens (tertiary/aromatic N) is 3. The van der Waals surface area contributed by atoms with Crippen molar-refractivity contribution < 1.29 is 5.11 Å². The SMILES string of the molecule is C[C@@H]1CN([C@H](CO)c2ccc(Br)nc2)CCN1C. The molecule has 1 aromatic heterocycles. The van der Waals surface area contributed by atoms with Gasteiger partial charge in [0.2, 0.25) is 0 Å². The first-order chi connectivity index (χ1) is 8.61. The van der Waals surface area contributed by atoms with Crippen LogP contribution in [-0.2, 0) is 0 Å². The molecule has 0 radical (unpaired) electrons. The lowest BCUT2D eigenvalue weighted by molar-refractivity contribution is 0.0462. The van der Waals surface area contributed by atoms with E-state index in [1.54, 1.807) is 0 Å². The quantitative estimate of drug-likeness (QED) is 0.859. The number of likely N-dealkylation sites (N-methyl/N-ethyl adjacent to an activating group) is 1. The summed E-state index contributed by atoms with van der Waals surface area (Å²) in [5.41, 5.74) is 1.08. The summed E-state index contributed by atoms with van der Waals surface area (Å²) in [6.45, 7) is 5.38. The average molecular weight is 314 g/mol. The summed E-state index contributed by atoms with van der Waals surface area (Å²) in [6, 6.07) is 4.54. The van der Waals surface area contributed by atoms with Gasteiger partial charge >= 0.3 is 0 Å². The highest BCUT2D eigenvalue weighted by molar-refractivity contribution is 9.10. The van der Waals surface area contributed by atoms with E-state index < -0.39 is 0 Å². The van der Waals surface area contributed by atoms with Gasteiger partial charge in [0.1, 0.15) is 4.60 Å². The topological polar surface area (TPSA) is 39.6 Å². The third-order valence-electron chi connectivity index (χ3n) is 3.74. The Hall–Kier alpha value is -0.490. The molecule has 1 aliphatic heterocycles. The van der Waals surface area contributed by atoms with E-state index in [1.165, 1.54) is 0 Å². The van der Waals surface area contributed by atoms with Gasteiger partial charge in [-0.2, -0.15) is 0 Å². The number of pyridine rings is 1. The Morgan fingerprint density at radius 2 is 2.28 bits per heavy atom. The van der Waals surface area contributed by atoms with E-state index in [9.17, 15) is 5.11 Å². The Kier molecular flexibility index (Phi) is 4.72. The first kappa shape index (κ1) is 13.9. The smallest absolute Gasteiger partial charge is 0.106 e. The molecule has 0 saturated carbocycles. The average Bonchev–Trinajstić information content (AvgIpc) is 2.37. The third kappa shape index (κ3) is 3.09. The Morgan fingerprint density at radius 3 is 2.83 bits per heavy atom. The van der Waals surface area contributed by atoms with Gasteiger partial charge in [-0.25, -0.2) is 4.98 Å². The second-order valence-corrected chi connectivity index (χ2v) is 5.75. The van der Waals surface area contributed by atoms with Crippen LogP contribution in [0.3, 0.4) is 0 Å². The van der Waals surface area contributed by atoms with Crippen molar-refractivity contribution in [3.05, 3.63) is 28.5 Å². The minimum Gasteiger partial charge on any atom is -0.394 e. The van der Waals surface area contributed by atoms with Crippen LogP contribution in [0.4, 0.5) is 0 Å². The van der Waals surface area contributed by atoms with Crippen molar-refractivity contribution in [2.75, 3.05) is 33.3 Å². The van der Waals surface area contributed by atoms with Crippen molar-refractivity contribution in [2.45, 2.75) is 19.0 Å². The predicted octanol–water partition coefficient (Wildman–Crippen LogP) is 1.51. The third-order valence-corrected chi connectivity index (χ3v) is 4.21. The van der Waals surface area contributed by atoms with Crippen molar-refractivity contribution in [3.63, 3.8) is 0 Å². The van der Waals surface area contributed by atoms with Gasteiger partial charge in [0.15, 0.2) is 0 Å². The molecule has 1 aromatic rings. The van der Waals surface area contributed by atoms with E-state index in [-0.39, 0.29) is 12.6 Å². The molecule has 18 heavy (non-hydrogen) atoms. The van der Waals surface area contributed by atoms with Gasteiger partial charge in [-0.3, -0.25) is 4.90 Å². The molecule has 1 aliphatic rings. The van der Waals surface area contributed by atoms with Crippen LogP contribution < -0.4 is 0 Å². The highest BCUT2D eigenvalue weighted by atomic mass is 79.9. The number of hydrogen-bond donors (Lipinski definition) is 1. The fourth-order valence-electron chi connectivity index (χ4n) is 2.38. The number of aromatic nitrogens is 1. The van der Waals surface area contributed by atoms with Gasteiger partial charge in [-0.15, -0.1) is 0 Å². The monoisotopic (exact) mass is 313 g/mol. The zero-order chi connectivity index (χ0) is 13.1. The lowest BCUT2D eigenvalue weighted by Gasteiger charge is -2.41. The summed E-state index contributed by atoms with van der Waals surface area (Å²) >= 11 is 3.34. The van der Waals surface area contributed by atoms with Gasteiger partial charge in [0.05, 0.1) is 12.6 Å². The minimum atomic E-state index is 0.0572. The standard InChI is InChI=1S/C13H20BrN3O/c1-10-8-17(6-5-16(10)2)12(9-18)11-3-4-13(14)15-7-11/h3-4,7,10,12,18H,5-6,8-9H2,1-2H3/t10-,12-/m1/s1. The molecule has 2 rings (SSSR count). The second kappa shape index (κ2) is 6.10. The summed E-state index contributed by atoms with van der Waals surface area (Å²) < 4.78 is 0.828. The number of halogens is 1. The fourth-order valence-corrected chi connectivity index (χ4v) is 2.61. The molecule has 1 saturated heterocycles. The number of rotatable bonds is 3. The van der Waals surface area contributed by atoms with Crippen LogP contribution in [0.2, 0.25) is 0 Å². The van der Waals surface area contributed by atoms with Crippen LogP contribution in [0.25, 0.3) is 0 Å². The highest BCUT2D eigenvalue weighted by Crippen LogP contribution is 2.23. The molecule has 5 heteroatoms. The Balaban J connectivity index is 2.11. The molecule has 0 aromatic carbocycles. The normalized spacial score (nSPS) is 24.1. The van der Waals surface area contributed by atoms with Gasteiger partial charge in [-0.1, -0.05) is 6.07 Å². The number of aliphatic hydroxyl groups excluding tert-OH is 1. The van der Waals surface area contributed by atoms with Crippen LogP contribution in [0.1, 0.15) is 18.5 Å². The first-order valence-electron chi connectivity index (χ1n) is 6.28. The number of hydrogen-bond acceptors (Lipinski definition) is 4. The van der Waals surface area contributed by atoms with Crippen molar-refractivity contribution in [3.8, 4) is 0 Å². The molecule has 1 fully saturated rings. The Morgan fingerprint density at radius 1 is 1.50 bits per heavy atom. The van der Waals surface area contributed by atoms with Gasteiger partial charge < -0.3 is 10.0 Å². The van der Waals surface area contributed by atoms with Crippen LogP contribution in [0, 0.1) is 0 Å². The molecule has 2 heterocycles. The zero-order valence-electron chi connectivity index (χ0n) is 10.9. The van der Waals surface area contributed by atoms with E-state index in [0.29, 0.717) is 6.04 Å². The van der Waals surface area contributed by atoms with Crippen molar-refractivity contribution in [1.29, 1.82) is 0 Å². The molecule has 0 bridgehead atoms. The van der Waals surface area contributed by atoms with Crippen LogP contribution >= 0.6 is 15.9 Å². The van der Waals surface area contributed by atoms with Crippen molar-refractivity contribution >= 4 is 15.9 Å². The van der Waals surface area contributed by atoms with E-state index in [0.717, 1.165) is 29.8 Å². The van der Waals surface area contributed by atoms with Crippen LogP contribution in [-0.4, -0.2) is 59.2 Å². The van der Waals surface area contributed by atoms with E-state index in [1.807, 2.05) is 18.3 Å². The summed E-state index contributed by atoms with van der Waals surface area (Å²) in [7, 11) is 2.15. The lowest BCUT2D eigenvalue weighted by Crippen LogP contribution is -2.51. The molecule has 0 amide bonds. The zero-order valence-corrected chi connectivity index (χ0v) is 12.5. The van der Waals surface area contributed by atoms with Crippen molar-refractivity contribution in [2.24, 2.45) is 0 Å². The van der Waals surface area contributed by atoms with Gasteiger partial charge in [0.25, 0.3) is 0 Å².